The van der Waals surface area contributed by atoms with Crippen LogP contribution in [-0.2, 0) is 11.0 Å². The smallest absolute Gasteiger partial charge is 0.361 e. The Hall–Kier alpha value is -4.07. The van der Waals surface area contributed by atoms with Crippen molar-refractivity contribution >= 4 is 28.4 Å². The lowest BCUT2D eigenvalue weighted by atomic mass is 9.79. The Balaban J connectivity index is 1.58. The largest absolute Gasteiger partial charge is 0.416 e. The van der Waals surface area contributed by atoms with Crippen LogP contribution in [0, 0.1) is 0 Å². The van der Waals surface area contributed by atoms with Crippen molar-refractivity contribution in [3.8, 4) is 0 Å². The van der Waals surface area contributed by atoms with Crippen LogP contribution >= 0.6 is 0 Å². The predicted octanol–water partition coefficient (Wildman–Crippen LogP) is 5.74. The number of carbonyl (C=O) groups is 2. The van der Waals surface area contributed by atoms with Gasteiger partial charge in [-0.15, -0.1) is 0 Å². The Bertz CT molecular complexity index is 1390. The number of anilines is 1. The van der Waals surface area contributed by atoms with E-state index in [0.717, 1.165) is 28.6 Å². The molecule has 8 heteroatoms. The summed E-state index contributed by atoms with van der Waals surface area (Å²) in [5.41, 5.74) is 2.11. The molecule has 0 spiro atoms. The van der Waals surface area contributed by atoms with Crippen molar-refractivity contribution < 1.29 is 22.8 Å². The molecule has 2 heterocycles. The summed E-state index contributed by atoms with van der Waals surface area (Å²) >= 11 is 0. The van der Waals surface area contributed by atoms with Gasteiger partial charge in [0.1, 0.15) is 0 Å². The monoisotopic (exact) mass is 463 g/mol. The molecule has 2 amide bonds. The van der Waals surface area contributed by atoms with Gasteiger partial charge in [-0.25, -0.2) is 0 Å². The Morgan fingerprint density at radius 1 is 0.941 bits per heavy atom. The number of amides is 2. The Morgan fingerprint density at radius 3 is 2.35 bits per heavy atom. The van der Waals surface area contributed by atoms with Gasteiger partial charge >= 0.3 is 6.18 Å². The lowest BCUT2D eigenvalue weighted by Crippen LogP contribution is -2.44. The number of aromatic amines is 1. The molecule has 0 fully saturated rings. The van der Waals surface area contributed by atoms with Crippen LogP contribution in [0.15, 0.2) is 79.0 Å². The van der Waals surface area contributed by atoms with Gasteiger partial charge in [-0.3, -0.25) is 9.59 Å². The van der Waals surface area contributed by atoms with E-state index in [1.165, 1.54) is 12.1 Å². The predicted molar refractivity (Wildman–Crippen MR) is 122 cm³/mol. The van der Waals surface area contributed by atoms with Crippen molar-refractivity contribution in [1.29, 1.82) is 0 Å². The molecule has 5 rings (SSSR count). The molecule has 34 heavy (non-hydrogen) atoms. The van der Waals surface area contributed by atoms with Crippen LogP contribution in [-0.4, -0.2) is 28.7 Å². The van der Waals surface area contributed by atoms with Crippen LogP contribution < -0.4 is 5.32 Å². The molecule has 3 aromatic carbocycles. The third-order valence-electron chi connectivity index (χ3n) is 6.28. The van der Waals surface area contributed by atoms with Crippen LogP contribution in [0.2, 0.25) is 0 Å². The summed E-state index contributed by atoms with van der Waals surface area (Å²) in [7, 11) is 1.66. The van der Waals surface area contributed by atoms with Gasteiger partial charge in [0, 0.05) is 41.0 Å². The lowest BCUT2D eigenvalue weighted by Gasteiger charge is -2.39. The van der Waals surface area contributed by atoms with Crippen LogP contribution in [0.25, 0.3) is 10.9 Å². The topological polar surface area (TPSA) is 65.2 Å². The summed E-state index contributed by atoms with van der Waals surface area (Å²) in [6.07, 6.45) is -2.67. The number of carbonyl (C=O) groups excluding carboxylic acids is 2. The third kappa shape index (κ3) is 3.61. The first kappa shape index (κ1) is 21.8. The molecule has 4 aromatic rings. The molecule has 0 unspecified atom stereocenters. The summed E-state index contributed by atoms with van der Waals surface area (Å²) in [5.74, 6) is -1.40. The van der Waals surface area contributed by atoms with Gasteiger partial charge in [0.05, 0.1) is 17.5 Å². The number of fused-ring (bicyclic) bond motifs is 2. The van der Waals surface area contributed by atoms with E-state index in [-0.39, 0.29) is 11.6 Å². The van der Waals surface area contributed by atoms with E-state index in [1.54, 1.807) is 42.4 Å². The number of nitrogens with one attached hydrogen (secondary N) is 2. The molecule has 1 aliphatic rings. The molecule has 172 valence electrons. The second kappa shape index (κ2) is 8.06. The molecule has 0 radical (unpaired) electrons. The van der Waals surface area contributed by atoms with Gasteiger partial charge < -0.3 is 15.2 Å². The summed E-state index contributed by atoms with van der Waals surface area (Å²) in [5, 5.41) is 3.64. The highest BCUT2D eigenvalue weighted by molar-refractivity contribution is 6.05. The molecule has 5 nitrogen and oxygen atoms in total. The van der Waals surface area contributed by atoms with Crippen LogP contribution in [0.5, 0.6) is 0 Å². The van der Waals surface area contributed by atoms with E-state index in [4.69, 9.17) is 0 Å². The van der Waals surface area contributed by atoms with Gasteiger partial charge in [0.2, 0.25) is 5.91 Å². The molecular weight excluding hydrogens is 443 g/mol. The number of alkyl halides is 3. The van der Waals surface area contributed by atoms with E-state index < -0.39 is 29.6 Å². The summed E-state index contributed by atoms with van der Waals surface area (Å²) in [6, 6.07) is 18.2. The number of H-pyrrole nitrogens is 1. The zero-order valence-electron chi connectivity index (χ0n) is 18.1. The third-order valence-corrected chi connectivity index (χ3v) is 6.28. The maximum atomic E-state index is 13.6. The van der Waals surface area contributed by atoms with Crippen molar-refractivity contribution in [3.05, 3.63) is 101 Å². The van der Waals surface area contributed by atoms with Crippen molar-refractivity contribution in [2.24, 2.45) is 0 Å². The highest BCUT2D eigenvalue weighted by Crippen LogP contribution is 2.44. The zero-order valence-corrected chi connectivity index (χ0v) is 18.1. The van der Waals surface area contributed by atoms with E-state index in [1.807, 2.05) is 24.3 Å². The minimum Gasteiger partial charge on any atom is -0.361 e. The first-order valence-corrected chi connectivity index (χ1v) is 10.7. The quantitative estimate of drug-likeness (QED) is 0.407. The maximum Gasteiger partial charge on any atom is 0.416 e. The SMILES string of the molecule is CN1C(=O)c2ccccc2[C@@H](C(=O)Nc2ccc(C(F)(F)F)cc2)[C@@H]1c1c[nH]c2ccccc12. The molecular formula is C26H20F3N3O2. The number of rotatable bonds is 3. The molecule has 1 aliphatic heterocycles. The Morgan fingerprint density at radius 2 is 1.62 bits per heavy atom. The fourth-order valence-electron chi connectivity index (χ4n) is 4.65. The number of hydrogen-bond acceptors (Lipinski definition) is 2. The summed E-state index contributed by atoms with van der Waals surface area (Å²) in [4.78, 5) is 31.6. The number of nitrogens with zero attached hydrogens (tertiary/aromatic N) is 1. The minimum atomic E-state index is -4.46. The first-order chi connectivity index (χ1) is 16.3. The summed E-state index contributed by atoms with van der Waals surface area (Å²) < 4.78 is 38.8. The second-order valence-electron chi connectivity index (χ2n) is 8.28. The fraction of sp³-hybridized carbons (Fsp3) is 0.154. The number of halogens is 3. The number of aromatic nitrogens is 1. The van der Waals surface area contributed by atoms with Gasteiger partial charge in [0.25, 0.3) is 5.91 Å². The van der Waals surface area contributed by atoms with E-state index >= 15 is 0 Å². The van der Waals surface area contributed by atoms with Crippen molar-refractivity contribution in [2.75, 3.05) is 12.4 Å². The first-order valence-electron chi connectivity index (χ1n) is 10.7. The maximum absolute atomic E-state index is 13.6. The molecule has 2 atom stereocenters. The molecule has 0 saturated heterocycles. The number of para-hydroxylation sites is 1. The van der Waals surface area contributed by atoms with E-state index in [9.17, 15) is 22.8 Å². The molecule has 2 N–H and O–H groups in total. The zero-order chi connectivity index (χ0) is 24.0. The lowest BCUT2D eigenvalue weighted by molar-refractivity contribution is -0.137. The van der Waals surface area contributed by atoms with Crippen LogP contribution in [0.1, 0.15) is 39.0 Å². The number of hydrogen-bond donors (Lipinski definition) is 2. The molecule has 0 saturated carbocycles. The van der Waals surface area contributed by atoms with Gasteiger partial charge in [-0.2, -0.15) is 13.2 Å². The van der Waals surface area contributed by atoms with E-state index in [0.29, 0.717) is 11.1 Å². The average molecular weight is 463 g/mol. The number of benzene rings is 3. The average Bonchev–Trinajstić information content (AvgIpc) is 3.24. The van der Waals surface area contributed by atoms with Crippen LogP contribution in [0.3, 0.4) is 0 Å². The number of likely N-dealkylation sites (N-methyl/N-ethyl adjacent to an activating group) is 1. The minimum absolute atomic E-state index is 0.204. The van der Waals surface area contributed by atoms with Gasteiger partial charge in [-0.05, 0) is 42.0 Å². The molecule has 0 aliphatic carbocycles. The van der Waals surface area contributed by atoms with Crippen LogP contribution in [0.4, 0.5) is 18.9 Å². The van der Waals surface area contributed by atoms with E-state index in [2.05, 4.69) is 10.3 Å². The normalized spacial score (nSPS) is 18.1. The molecule has 0 bridgehead atoms. The Labute approximate surface area is 193 Å². The standard InChI is InChI=1S/C26H20F3N3O2/c1-32-23(20-14-30-21-9-5-4-6-17(20)21)22(18-7-2-3-8-19(18)25(32)34)24(33)31-16-12-10-15(11-13-16)26(27,28)29/h2-14,22-23,30H,1H3,(H,31,33)/t22-,23+/m1/s1. The Kier molecular flexibility index (Phi) is 5.16. The highest BCUT2D eigenvalue weighted by atomic mass is 19.4. The van der Waals surface area contributed by atoms with Crippen molar-refractivity contribution in [3.63, 3.8) is 0 Å². The molecule has 1 aromatic heterocycles. The van der Waals surface area contributed by atoms with Crippen molar-refractivity contribution in [2.45, 2.75) is 18.1 Å². The second-order valence-corrected chi connectivity index (χ2v) is 8.28. The highest BCUT2D eigenvalue weighted by Gasteiger charge is 2.43. The fourth-order valence-corrected chi connectivity index (χ4v) is 4.65. The summed E-state index contributed by atoms with van der Waals surface area (Å²) in [6.45, 7) is 0. The van der Waals surface area contributed by atoms with Gasteiger partial charge in [-0.1, -0.05) is 36.4 Å². The van der Waals surface area contributed by atoms with Gasteiger partial charge in [0.15, 0.2) is 0 Å². The van der Waals surface area contributed by atoms with Crippen molar-refractivity contribution in [1.82, 2.24) is 9.88 Å².